The third-order valence-electron chi connectivity index (χ3n) is 6.84. The summed E-state index contributed by atoms with van der Waals surface area (Å²) in [7, 11) is -3.73. The van der Waals surface area contributed by atoms with Crippen molar-refractivity contribution in [3.63, 3.8) is 0 Å². The first-order valence-corrected chi connectivity index (χ1v) is 13.7. The standard InChI is InChI=1S/C24H28N6O6S/c1-16-5-7-19(8-6-16)37(31,32)26-20-14-34-23-21(15-35-22(20)23)30-24(25-27-28-30)36-18-4-2-3-17(13-18)29-9-11-33-12-10-29/h2-8,13,20-23,26H,9-12,14-15H2,1H3. The number of anilines is 1. The Kier molecular flexibility index (Phi) is 6.55. The van der Waals surface area contributed by atoms with E-state index < -0.39 is 28.3 Å². The largest absolute Gasteiger partial charge is 0.423 e. The van der Waals surface area contributed by atoms with Crippen LogP contribution in [0.2, 0.25) is 0 Å². The summed E-state index contributed by atoms with van der Waals surface area (Å²) in [5, 5.41) is 12.0. The van der Waals surface area contributed by atoms with Gasteiger partial charge >= 0.3 is 6.01 Å². The highest BCUT2D eigenvalue weighted by molar-refractivity contribution is 7.89. The van der Waals surface area contributed by atoms with Gasteiger partial charge in [0.1, 0.15) is 24.0 Å². The number of tetrazole rings is 1. The number of aryl methyl sites for hydroxylation is 1. The van der Waals surface area contributed by atoms with Gasteiger partial charge in [0.25, 0.3) is 0 Å². The van der Waals surface area contributed by atoms with Gasteiger partial charge in [0, 0.05) is 24.8 Å². The zero-order valence-electron chi connectivity index (χ0n) is 20.3. The van der Waals surface area contributed by atoms with E-state index in [2.05, 4.69) is 25.1 Å². The number of nitrogens with zero attached hydrogens (tertiary/aromatic N) is 5. The van der Waals surface area contributed by atoms with Crippen molar-refractivity contribution in [1.29, 1.82) is 0 Å². The Labute approximate surface area is 214 Å². The monoisotopic (exact) mass is 528 g/mol. The lowest BCUT2D eigenvalue weighted by Crippen LogP contribution is -2.44. The summed E-state index contributed by atoms with van der Waals surface area (Å²) in [6.45, 7) is 5.35. The van der Waals surface area contributed by atoms with E-state index in [4.69, 9.17) is 18.9 Å². The average Bonchev–Trinajstić information content (AvgIpc) is 3.63. The number of sulfonamides is 1. The minimum Gasteiger partial charge on any atom is -0.423 e. The molecule has 3 aromatic rings. The number of nitrogens with one attached hydrogen (secondary N) is 1. The molecule has 2 aromatic carbocycles. The van der Waals surface area contributed by atoms with Crippen LogP contribution in [0.1, 0.15) is 11.6 Å². The summed E-state index contributed by atoms with van der Waals surface area (Å²) in [5.41, 5.74) is 2.02. The van der Waals surface area contributed by atoms with Gasteiger partial charge in [-0.1, -0.05) is 28.9 Å². The molecule has 0 saturated carbocycles. The molecule has 4 unspecified atom stereocenters. The number of fused-ring (bicyclic) bond motifs is 1. The number of morpholine rings is 1. The third kappa shape index (κ3) is 4.92. The molecule has 0 amide bonds. The third-order valence-corrected chi connectivity index (χ3v) is 8.35. The zero-order valence-corrected chi connectivity index (χ0v) is 21.1. The van der Waals surface area contributed by atoms with Crippen molar-refractivity contribution in [3.8, 4) is 11.8 Å². The maximum atomic E-state index is 12.9. The van der Waals surface area contributed by atoms with E-state index in [0.717, 1.165) is 24.3 Å². The smallest absolute Gasteiger partial charge is 0.341 e. The van der Waals surface area contributed by atoms with E-state index in [-0.39, 0.29) is 30.2 Å². The molecule has 3 fully saturated rings. The van der Waals surface area contributed by atoms with Crippen LogP contribution in [0.25, 0.3) is 0 Å². The minimum atomic E-state index is -3.73. The lowest BCUT2D eigenvalue weighted by Gasteiger charge is -2.29. The quantitative estimate of drug-likeness (QED) is 0.479. The van der Waals surface area contributed by atoms with Crippen molar-refractivity contribution in [2.75, 3.05) is 44.4 Å². The Balaban J connectivity index is 1.15. The van der Waals surface area contributed by atoms with Gasteiger partial charge in [-0.3, -0.25) is 0 Å². The van der Waals surface area contributed by atoms with E-state index in [1.165, 1.54) is 0 Å². The second kappa shape index (κ2) is 9.99. The van der Waals surface area contributed by atoms with Gasteiger partial charge in [-0.05, 0) is 41.6 Å². The molecule has 0 bridgehead atoms. The maximum absolute atomic E-state index is 12.9. The molecule has 4 atom stereocenters. The van der Waals surface area contributed by atoms with Crippen LogP contribution >= 0.6 is 0 Å². The van der Waals surface area contributed by atoms with Crippen molar-refractivity contribution < 1.29 is 27.4 Å². The highest BCUT2D eigenvalue weighted by atomic mass is 32.2. The summed E-state index contributed by atoms with van der Waals surface area (Å²) < 4.78 is 53.6. The molecular formula is C24H28N6O6S. The molecule has 37 heavy (non-hydrogen) atoms. The fraction of sp³-hybridized carbons (Fsp3) is 0.458. The summed E-state index contributed by atoms with van der Waals surface area (Å²) >= 11 is 0. The van der Waals surface area contributed by atoms with E-state index >= 15 is 0 Å². The van der Waals surface area contributed by atoms with Gasteiger partial charge in [0.05, 0.1) is 37.4 Å². The number of aromatic nitrogens is 4. The molecule has 4 heterocycles. The van der Waals surface area contributed by atoms with Crippen molar-refractivity contribution in [2.45, 2.75) is 36.1 Å². The highest BCUT2D eigenvalue weighted by Crippen LogP contribution is 2.36. The average molecular weight is 529 g/mol. The molecule has 3 aliphatic heterocycles. The SMILES string of the molecule is Cc1ccc(S(=O)(=O)NC2COC3C2OCC3n2nnnc2Oc2cccc(N3CCOCC3)c2)cc1. The Morgan fingerprint density at radius 3 is 2.62 bits per heavy atom. The van der Waals surface area contributed by atoms with Crippen molar-refractivity contribution in [3.05, 3.63) is 54.1 Å². The molecule has 3 aliphatic rings. The normalized spacial score (nSPS) is 25.8. The van der Waals surface area contributed by atoms with Gasteiger partial charge in [-0.25, -0.2) is 13.1 Å². The fourth-order valence-corrected chi connectivity index (χ4v) is 6.14. The highest BCUT2D eigenvalue weighted by Gasteiger charge is 2.50. The summed E-state index contributed by atoms with van der Waals surface area (Å²) in [4.78, 5) is 2.44. The summed E-state index contributed by atoms with van der Waals surface area (Å²) in [5.74, 6) is 0.603. The van der Waals surface area contributed by atoms with E-state index in [9.17, 15) is 8.42 Å². The molecule has 1 N–H and O–H groups in total. The molecule has 196 valence electrons. The Bertz CT molecular complexity index is 1340. The molecular weight excluding hydrogens is 500 g/mol. The Hall–Kier alpha value is -3.10. The van der Waals surface area contributed by atoms with Crippen LogP contribution < -0.4 is 14.4 Å². The number of hydrogen-bond acceptors (Lipinski definition) is 10. The van der Waals surface area contributed by atoms with Crippen LogP contribution in [0.4, 0.5) is 5.69 Å². The van der Waals surface area contributed by atoms with Gasteiger partial charge in [-0.2, -0.15) is 4.68 Å². The number of rotatable bonds is 7. The molecule has 12 nitrogen and oxygen atoms in total. The predicted octanol–water partition coefficient (Wildman–Crippen LogP) is 1.30. The van der Waals surface area contributed by atoms with Crippen LogP contribution in [-0.2, 0) is 24.2 Å². The van der Waals surface area contributed by atoms with Gasteiger partial charge in [-0.15, -0.1) is 0 Å². The van der Waals surface area contributed by atoms with Crippen LogP contribution in [0.15, 0.2) is 53.4 Å². The van der Waals surface area contributed by atoms with Crippen molar-refractivity contribution >= 4 is 15.7 Å². The second-order valence-corrected chi connectivity index (χ2v) is 11.0. The van der Waals surface area contributed by atoms with Crippen LogP contribution in [0.5, 0.6) is 11.8 Å². The predicted molar refractivity (Wildman–Crippen MR) is 131 cm³/mol. The lowest BCUT2D eigenvalue weighted by atomic mass is 10.1. The van der Waals surface area contributed by atoms with Crippen LogP contribution in [0.3, 0.4) is 0 Å². The minimum absolute atomic E-state index is 0.177. The first kappa shape index (κ1) is 24.2. The van der Waals surface area contributed by atoms with Gasteiger partial charge in [0.2, 0.25) is 10.0 Å². The van der Waals surface area contributed by atoms with Gasteiger partial charge in [0.15, 0.2) is 0 Å². The van der Waals surface area contributed by atoms with Crippen molar-refractivity contribution in [1.82, 2.24) is 24.9 Å². The van der Waals surface area contributed by atoms with E-state index in [1.807, 2.05) is 31.2 Å². The lowest BCUT2D eigenvalue weighted by molar-refractivity contribution is 0.0615. The number of benzene rings is 2. The van der Waals surface area contributed by atoms with Crippen molar-refractivity contribution in [2.24, 2.45) is 0 Å². The summed E-state index contributed by atoms with van der Waals surface area (Å²) in [6.07, 6.45) is -0.914. The first-order valence-electron chi connectivity index (χ1n) is 12.2. The number of hydrogen-bond donors (Lipinski definition) is 1. The second-order valence-electron chi connectivity index (χ2n) is 9.31. The fourth-order valence-electron chi connectivity index (χ4n) is 4.91. The molecule has 6 rings (SSSR count). The molecule has 13 heteroatoms. The maximum Gasteiger partial charge on any atom is 0.341 e. The molecule has 0 spiro atoms. The summed E-state index contributed by atoms with van der Waals surface area (Å²) in [6, 6.07) is 13.7. The first-order chi connectivity index (χ1) is 18.0. The number of ether oxygens (including phenoxy) is 4. The Morgan fingerprint density at radius 1 is 1.03 bits per heavy atom. The zero-order chi connectivity index (χ0) is 25.4. The van der Waals surface area contributed by atoms with Crippen LogP contribution in [0, 0.1) is 6.92 Å². The topological polar surface area (TPSA) is 130 Å². The molecule has 0 aliphatic carbocycles. The molecule has 0 radical (unpaired) electrons. The van der Waals surface area contributed by atoms with E-state index in [1.54, 1.807) is 28.9 Å². The molecule has 3 saturated heterocycles. The van der Waals surface area contributed by atoms with Gasteiger partial charge < -0.3 is 23.8 Å². The Morgan fingerprint density at radius 2 is 1.81 bits per heavy atom. The van der Waals surface area contributed by atoms with E-state index in [0.29, 0.717) is 19.0 Å². The molecule has 1 aromatic heterocycles. The van der Waals surface area contributed by atoms with Crippen LogP contribution in [-0.4, -0.2) is 86.4 Å².